The van der Waals surface area contributed by atoms with Gasteiger partial charge in [-0.2, -0.15) is 0 Å². The molecule has 1 saturated heterocycles. The topological polar surface area (TPSA) is 40.2 Å². The predicted molar refractivity (Wildman–Crippen MR) is 87.2 cm³/mol. The Morgan fingerprint density at radius 3 is 2.30 bits per heavy atom. The van der Waals surface area contributed by atoms with E-state index in [1.807, 2.05) is 42.5 Å². The molecule has 1 heterocycles. The van der Waals surface area contributed by atoms with Gasteiger partial charge in [-0.05, 0) is 42.5 Å². The van der Waals surface area contributed by atoms with Crippen LogP contribution in [-0.2, 0) is 4.74 Å². The van der Waals surface area contributed by atoms with E-state index in [0.717, 1.165) is 23.5 Å². The lowest BCUT2D eigenvalue weighted by atomic mass is 10.1. The lowest BCUT2D eigenvalue weighted by Gasteiger charge is -2.09. The molecule has 118 valence electrons. The lowest BCUT2D eigenvalue weighted by Crippen LogP contribution is -2.05. The van der Waals surface area contributed by atoms with Crippen molar-refractivity contribution in [1.82, 2.24) is 0 Å². The van der Waals surface area contributed by atoms with Crippen LogP contribution >= 0.6 is 0 Å². The molecule has 0 amide bonds. The molecule has 1 atom stereocenters. The maximum Gasteiger partial charge on any atom is 0.162 e. The van der Waals surface area contributed by atoms with Gasteiger partial charge in [-0.1, -0.05) is 11.8 Å². The average Bonchev–Trinajstić information content (AvgIpc) is 3.43. The molecule has 0 aliphatic carbocycles. The molecule has 0 saturated carbocycles. The third-order valence-electron chi connectivity index (χ3n) is 3.43. The number of rotatable bonds is 5. The largest absolute Gasteiger partial charge is 0.497 e. The van der Waals surface area contributed by atoms with Gasteiger partial charge in [0.15, 0.2) is 11.5 Å². The van der Waals surface area contributed by atoms with Crippen LogP contribution in [0.2, 0.25) is 0 Å². The molecule has 2 aromatic rings. The Bertz CT molecular complexity index is 721. The monoisotopic (exact) mass is 310 g/mol. The van der Waals surface area contributed by atoms with E-state index in [4.69, 9.17) is 18.9 Å². The molecule has 0 aromatic heterocycles. The molecular formula is C19H18O4. The third-order valence-corrected chi connectivity index (χ3v) is 3.43. The van der Waals surface area contributed by atoms with Crippen LogP contribution in [0, 0.1) is 11.8 Å². The van der Waals surface area contributed by atoms with Crippen LogP contribution in [0.25, 0.3) is 0 Å². The van der Waals surface area contributed by atoms with Crippen LogP contribution in [0.5, 0.6) is 17.2 Å². The molecule has 0 radical (unpaired) electrons. The highest BCUT2D eigenvalue weighted by atomic mass is 16.6. The van der Waals surface area contributed by atoms with E-state index in [9.17, 15) is 0 Å². The molecule has 2 aromatic carbocycles. The zero-order valence-corrected chi connectivity index (χ0v) is 13.2. The van der Waals surface area contributed by atoms with Crippen molar-refractivity contribution < 1.29 is 18.9 Å². The predicted octanol–water partition coefficient (Wildman–Crippen LogP) is 2.88. The minimum absolute atomic E-state index is 0.203. The molecule has 0 N–H and O–H groups in total. The number of hydrogen-bond acceptors (Lipinski definition) is 4. The van der Waals surface area contributed by atoms with E-state index in [-0.39, 0.29) is 6.10 Å². The Morgan fingerprint density at radius 1 is 0.957 bits per heavy atom. The van der Waals surface area contributed by atoms with E-state index in [2.05, 4.69) is 11.8 Å². The number of hydrogen-bond donors (Lipinski definition) is 0. The molecule has 1 aliphatic heterocycles. The second-order valence-corrected chi connectivity index (χ2v) is 5.11. The van der Waals surface area contributed by atoms with Gasteiger partial charge in [0.2, 0.25) is 0 Å². The molecule has 4 nitrogen and oxygen atoms in total. The van der Waals surface area contributed by atoms with Crippen molar-refractivity contribution in [3.63, 3.8) is 0 Å². The summed E-state index contributed by atoms with van der Waals surface area (Å²) in [6.07, 6.45) is 0.203. The van der Waals surface area contributed by atoms with Crippen LogP contribution in [0.4, 0.5) is 0 Å². The van der Waals surface area contributed by atoms with E-state index >= 15 is 0 Å². The first kappa shape index (κ1) is 15.3. The highest BCUT2D eigenvalue weighted by Gasteiger charge is 2.23. The number of methoxy groups -OCH3 is 2. The van der Waals surface area contributed by atoms with Gasteiger partial charge < -0.3 is 18.9 Å². The third kappa shape index (κ3) is 4.18. The summed E-state index contributed by atoms with van der Waals surface area (Å²) in [4.78, 5) is 0. The molecule has 0 bridgehead atoms. The van der Waals surface area contributed by atoms with Gasteiger partial charge in [-0.25, -0.2) is 0 Å². The van der Waals surface area contributed by atoms with Crippen LogP contribution in [0.1, 0.15) is 11.1 Å². The summed E-state index contributed by atoms with van der Waals surface area (Å²) in [5.41, 5.74) is 1.80. The summed E-state index contributed by atoms with van der Waals surface area (Å²) in [6.45, 7) is 1.30. The lowest BCUT2D eigenvalue weighted by molar-refractivity contribution is 0.252. The Hall–Kier alpha value is -2.64. The van der Waals surface area contributed by atoms with Gasteiger partial charge in [0.1, 0.15) is 18.5 Å². The maximum absolute atomic E-state index is 5.74. The SMILES string of the molecule is COc1ccc(C#Cc2ccc(OC)c(OCC3CO3)c2)cc1. The molecule has 0 spiro atoms. The number of benzene rings is 2. The van der Waals surface area contributed by atoms with E-state index in [1.54, 1.807) is 14.2 Å². The van der Waals surface area contributed by atoms with Crippen molar-refractivity contribution in [3.05, 3.63) is 53.6 Å². The molecule has 1 unspecified atom stereocenters. The quantitative estimate of drug-likeness (QED) is 0.629. The standard InChI is InChI=1S/C19H18O4/c1-20-16-8-5-14(6-9-16)3-4-15-7-10-18(21-2)19(11-15)23-13-17-12-22-17/h5-11,17H,12-13H2,1-2H3. The minimum atomic E-state index is 0.203. The molecule has 1 fully saturated rings. The zero-order valence-electron chi connectivity index (χ0n) is 13.2. The van der Waals surface area contributed by atoms with Crippen LogP contribution in [-0.4, -0.2) is 33.5 Å². The Morgan fingerprint density at radius 2 is 1.65 bits per heavy atom. The fourth-order valence-electron chi connectivity index (χ4n) is 2.03. The van der Waals surface area contributed by atoms with Gasteiger partial charge in [0.05, 0.1) is 20.8 Å². The van der Waals surface area contributed by atoms with Gasteiger partial charge in [0, 0.05) is 11.1 Å². The first-order chi connectivity index (χ1) is 11.3. The number of ether oxygens (including phenoxy) is 4. The molecule has 3 rings (SSSR count). The van der Waals surface area contributed by atoms with Crippen LogP contribution < -0.4 is 14.2 Å². The fraction of sp³-hybridized carbons (Fsp3) is 0.263. The van der Waals surface area contributed by atoms with Crippen LogP contribution in [0.3, 0.4) is 0 Å². The minimum Gasteiger partial charge on any atom is -0.497 e. The Labute approximate surface area is 135 Å². The second-order valence-electron chi connectivity index (χ2n) is 5.11. The van der Waals surface area contributed by atoms with E-state index < -0.39 is 0 Å². The summed E-state index contributed by atoms with van der Waals surface area (Å²) in [6, 6.07) is 13.3. The highest BCUT2D eigenvalue weighted by Crippen LogP contribution is 2.28. The van der Waals surface area contributed by atoms with Gasteiger partial charge in [-0.3, -0.25) is 0 Å². The Kier molecular flexibility index (Phi) is 4.70. The van der Waals surface area contributed by atoms with Crippen molar-refractivity contribution in [1.29, 1.82) is 0 Å². The second kappa shape index (κ2) is 7.08. The zero-order chi connectivity index (χ0) is 16.1. The first-order valence-electron chi connectivity index (χ1n) is 7.37. The van der Waals surface area contributed by atoms with Crippen molar-refractivity contribution in [3.8, 4) is 29.1 Å². The average molecular weight is 310 g/mol. The van der Waals surface area contributed by atoms with Gasteiger partial charge >= 0.3 is 0 Å². The van der Waals surface area contributed by atoms with Crippen molar-refractivity contribution in [2.24, 2.45) is 0 Å². The summed E-state index contributed by atoms with van der Waals surface area (Å²) < 4.78 is 21.3. The summed E-state index contributed by atoms with van der Waals surface area (Å²) in [7, 11) is 3.27. The van der Waals surface area contributed by atoms with Crippen molar-refractivity contribution in [2.75, 3.05) is 27.4 Å². The van der Waals surface area contributed by atoms with Crippen LogP contribution in [0.15, 0.2) is 42.5 Å². The van der Waals surface area contributed by atoms with Gasteiger partial charge in [0.25, 0.3) is 0 Å². The summed E-state index contributed by atoms with van der Waals surface area (Å²) in [5, 5.41) is 0. The highest BCUT2D eigenvalue weighted by molar-refractivity contribution is 5.50. The molecule has 4 heteroatoms. The van der Waals surface area contributed by atoms with E-state index in [0.29, 0.717) is 18.1 Å². The maximum atomic E-state index is 5.74. The summed E-state index contributed by atoms with van der Waals surface area (Å²) >= 11 is 0. The molecule has 23 heavy (non-hydrogen) atoms. The molecular weight excluding hydrogens is 292 g/mol. The smallest absolute Gasteiger partial charge is 0.162 e. The first-order valence-corrected chi connectivity index (χ1v) is 7.37. The molecule has 1 aliphatic rings. The number of epoxide rings is 1. The normalized spacial score (nSPS) is 15.3. The van der Waals surface area contributed by atoms with E-state index in [1.165, 1.54) is 0 Å². The van der Waals surface area contributed by atoms with Crippen molar-refractivity contribution >= 4 is 0 Å². The summed E-state index contributed by atoms with van der Waals surface area (Å²) in [5.74, 6) is 8.46. The fourth-order valence-corrected chi connectivity index (χ4v) is 2.03. The Balaban J connectivity index is 1.76. The van der Waals surface area contributed by atoms with Gasteiger partial charge in [-0.15, -0.1) is 0 Å². The van der Waals surface area contributed by atoms with Crippen molar-refractivity contribution in [2.45, 2.75) is 6.10 Å².